The molecular formula is C31H38O3. The van der Waals surface area contributed by atoms with Gasteiger partial charge in [0, 0.05) is 0 Å². The maximum Gasteiger partial charge on any atom is 0.343 e. The molecule has 0 unspecified atom stereocenters. The van der Waals surface area contributed by atoms with Crippen molar-refractivity contribution in [1.82, 2.24) is 0 Å². The molecule has 0 aliphatic rings. The van der Waals surface area contributed by atoms with E-state index < -0.39 is 0 Å². The van der Waals surface area contributed by atoms with Gasteiger partial charge in [0.2, 0.25) is 0 Å². The second kappa shape index (κ2) is 14.2. The fourth-order valence-electron chi connectivity index (χ4n) is 3.91. The van der Waals surface area contributed by atoms with Gasteiger partial charge in [-0.1, -0.05) is 88.8 Å². The summed E-state index contributed by atoms with van der Waals surface area (Å²) in [7, 11) is 0. The Kier molecular flexibility index (Phi) is 10.7. The topological polar surface area (TPSA) is 35.5 Å². The molecule has 0 spiro atoms. The van der Waals surface area contributed by atoms with Crippen molar-refractivity contribution in [2.45, 2.75) is 71.6 Å². The van der Waals surface area contributed by atoms with E-state index in [-0.39, 0.29) is 5.97 Å². The molecule has 34 heavy (non-hydrogen) atoms. The lowest BCUT2D eigenvalue weighted by atomic mass is 10.0. The van der Waals surface area contributed by atoms with Crippen LogP contribution in [0.3, 0.4) is 0 Å². The number of carbonyl (C=O) groups excluding carboxylic acids is 1. The molecule has 0 aromatic heterocycles. The van der Waals surface area contributed by atoms with Crippen molar-refractivity contribution in [3.63, 3.8) is 0 Å². The van der Waals surface area contributed by atoms with Crippen LogP contribution in [0, 0.1) is 0 Å². The average Bonchev–Trinajstić information content (AvgIpc) is 2.88. The van der Waals surface area contributed by atoms with Gasteiger partial charge >= 0.3 is 5.97 Å². The molecule has 3 rings (SSSR count). The molecule has 0 aliphatic heterocycles. The summed E-state index contributed by atoms with van der Waals surface area (Å²) >= 11 is 0. The molecule has 3 nitrogen and oxygen atoms in total. The Balaban J connectivity index is 1.49. The number of unbranched alkanes of at least 4 members (excludes halogenated alkanes) is 6. The van der Waals surface area contributed by atoms with Gasteiger partial charge in [0.15, 0.2) is 0 Å². The third-order valence-electron chi connectivity index (χ3n) is 6.03. The molecule has 180 valence electrons. The predicted molar refractivity (Wildman–Crippen MR) is 141 cm³/mol. The predicted octanol–water partition coefficient (Wildman–Crippen LogP) is 8.65. The monoisotopic (exact) mass is 458 g/mol. The van der Waals surface area contributed by atoms with Gasteiger partial charge in [-0.2, -0.15) is 0 Å². The van der Waals surface area contributed by atoms with E-state index >= 15 is 0 Å². The van der Waals surface area contributed by atoms with Crippen LogP contribution in [0.4, 0.5) is 0 Å². The summed E-state index contributed by atoms with van der Waals surface area (Å²) in [5, 5.41) is 0. The van der Waals surface area contributed by atoms with E-state index in [1.165, 1.54) is 50.5 Å². The van der Waals surface area contributed by atoms with Crippen molar-refractivity contribution in [3.8, 4) is 22.6 Å². The van der Waals surface area contributed by atoms with Crippen LogP contribution in [-0.2, 0) is 6.42 Å². The van der Waals surface area contributed by atoms with E-state index in [9.17, 15) is 4.79 Å². The van der Waals surface area contributed by atoms with Gasteiger partial charge in [-0.3, -0.25) is 0 Å². The van der Waals surface area contributed by atoms with Crippen LogP contribution in [0.5, 0.6) is 11.5 Å². The first kappa shape index (κ1) is 25.6. The van der Waals surface area contributed by atoms with E-state index in [4.69, 9.17) is 9.47 Å². The summed E-state index contributed by atoms with van der Waals surface area (Å²) in [6.07, 6.45) is 10.9. The summed E-state index contributed by atoms with van der Waals surface area (Å²) in [5.74, 6) is 1.14. The Bertz CT molecular complexity index is 973. The lowest BCUT2D eigenvalue weighted by Crippen LogP contribution is -2.08. The first-order valence-corrected chi connectivity index (χ1v) is 12.8. The number of carbonyl (C=O) groups is 1. The van der Waals surface area contributed by atoms with Crippen molar-refractivity contribution in [3.05, 3.63) is 83.9 Å². The Morgan fingerprint density at radius 2 is 1.18 bits per heavy atom. The third-order valence-corrected chi connectivity index (χ3v) is 6.03. The second-order valence-electron chi connectivity index (χ2n) is 8.85. The van der Waals surface area contributed by atoms with Gasteiger partial charge in [0.25, 0.3) is 0 Å². The van der Waals surface area contributed by atoms with Gasteiger partial charge in [-0.15, -0.1) is 0 Å². The highest BCUT2D eigenvalue weighted by molar-refractivity contribution is 5.91. The maximum absolute atomic E-state index is 12.6. The van der Waals surface area contributed by atoms with E-state index in [1.54, 1.807) is 0 Å². The molecule has 0 heterocycles. The van der Waals surface area contributed by atoms with Crippen LogP contribution >= 0.6 is 0 Å². The van der Waals surface area contributed by atoms with Crippen LogP contribution in [0.25, 0.3) is 11.1 Å². The second-order valence-corrected chi connectivity index (χ2v) is 8.85. The minimum Gasteiger partial charge on any atom is -0.494 e. The van der Waals surface area contributed by atoms with Gasteiger partial charge in [-0.25, -0.2) is 4.79 Å². The number of rotatable bonds is 14. The molecule has 0 fully saturated rings. The molecule has 0 N–H and O–H groups in total. The van der Waals surface area contributed by atoms with Gasteiger partial charge in [0.05, 0.1) is 12.2 Å². The third kappa shape index (κ3) is 8.37. The Labute approximate surface area is 205 Å². The largest absolute Gasteiger partial charge is 0.494 e. The van der Waals surface area contributed by atoms with Crippen LogP contribution in [0.15, 0.2) is 72.8 Å². The summed E-state index contributed by atoms with van der Waals surface area (Å²) in [6.45, 7) is 5.20. The normalized spacial score (nSPS) is 10.8. The zero-order valence-corrected chi connectivity index (χ0v) is 20.7. The summed E-state index contributed by atoms with van der Waals surface area (Å²) < 4.78 is 11.4. The SMILES string of the molecule is CCCCCCOc1ccc(-c2ccc(C(=O)Oc3ccc(CCCCCC)cc3)cc2)cc1. The first-order valence-electron chi connectivity index (χ1n) is 12.8. The molecule has 0 atom stereocenters. The van der Waals surface area contributed by atoms with Crippen molar-refractivity contribution in [1.29, 1.82) is 0 Å². The van der Waals surface area contributed by atoms with Gasteiger partial charge < -0.3 is 9.47 Å². The standard InChI is InChI=1S/C31H38O3/c1-3-5-7-9-11-25-12-20-30(21-13-25)34-31(32)28-16-14-26(15-17-28)27-18-22-29(23-19-27)33-24-10-8-6-4-2/h12-23H,3-11,24H2,1-2H3. The average molecular weight is 459 g/mol. The van der Waals surface area contributed by atoms with E-state index in [0.29, 0.717) is 11.3 Å². The van der Waals surface area contributed by atoms with Crippen LogP contribution in [-0.4, -0.2) is 12.6 Å². The van der Waals surface area contributed by atoms with E-state index in [2.05, 4.69) is 38.1 Å². The number of esters is 1. The molecule has 3 aromatic carbocycles. The first-order chi connectivity index (χ1) is 16.7. The Hall–Kier alpha value is -3.07. The minimum absolute atomic E-state index is 0.339. The van der Waals surface area contributed by atoms with Crippen molar-refractivity contribution in [2.75, 3.05) is 6.61 Å². The molecule has 0 bridgehead atoms. The quantitative estimate of drug-likeness (QED) is 0.138. The zero-order chi connectivity index (χ0) is 24.0. The van der Waals surface area contributed by atoms with Crippen LogP contribution in [0.1, 0.15) is 81.1 Å². The van der Waals surface area contributed by atoms with Gasteiger partial charge in [0.1, 0.15) is 11.5 Å². The number of benzene rings is 3. The summed E-state index contributed by atoms with van der Waals surface area (Å²) in [6, 6.07) is 23.5. The van der Waals surface area contributed by atoms with Gasteiger partial charge in [-0.05, 0) is 72.4 Å². The molecule has 0 radical (unpaired) electrons. The van der Waals surface area contributed by atoms with E-state index in [1.807, 2.05) is 48.5 Å². The highest BCUT2D eigenvalue weighted by Gasteiger charge is 2.09. The number of hydrogen-bond acceptors (Lipinski definition) is 3. The molecule has 0 saturated carbocycles. The number of aryl methyl sites for hydroxylation is 1. The van der Waals surface area contributed by atoms with E-state index in [0.717, 1.165) is 36.3 Å². The van der Waals surface area contributed by atoms with Crippen molar-refractivity contribution < 1.29 is 14.3 Å². The molecule has 0 aliphatic carbocycles. The smallest absolute Gasteiger partial charge is 0.343 e. The lowest BCUT2D eigenvalue weighted by molar-refractivity contribution is 0.0734. The fourth-order valence-corrected chi connectivity index (χ4v) is 3.91. The lowest BCUT2D eigenvalue weighted by Gasteiger charge is -2.09. The Morgan fingerprint density at radius 3 is 1.79 bits per heavy atom. The zero-order valence-electron chi connectivity index (χ0n) is 20.7. The maximum atomic E-state index is 12.6. The molecule has 0 saturated heterocycles. The van der Waals surface area contributed by atoms with Crippen LogP contribution in [0.2, 0.25) is 0 Å². The molecular weight excluding hydrogens is 420 g/mol. The van der Waals surface area contributed by atoms with Crippen LogP contribution < -0.4 is 9.47 Å². The van der Waals surface area contributed by atoms with Crippen molar-refractivity contribution >= 4 is 5.97 Å². The molecule has 3 heteroatoms. The minimum atomic E-state index is -0.339. The summed E-state index contributed by atoms with van der Waals surface area (Å²) in [5.41, 5.74) is 3.97. The van der Waals surface area contributed by atoms with Crippen molar-refractivity contribution in [2.24, 2.45) is 0 Å². The Morgan fingerprint density at radius 1 is 0.618 bits per heavy atom. The highest BCUT2D eigenvalue weighted by atomic mass is 16.5. The molecule has 0 amide bonds. The number of hydrogen-bond donors (Lipinski definition) is 0. The molecule has 3 aromatic rings. The summed E-state index contributed by atoms with van der Waals surface area (Å²) in [4.78, 5) is 12.6. The highest BCUT2D eigenvalue weighted by Crippen LogP contribution is 2.24. The fraction of sp³-hybridized carbons (Fsp3) is 0.387. The number of ether oxygens (including phenoxy) is 2.